The van der Waals surface area contributed by atoms with Crippen LogP contribution in [0.1, 0.15) is 32.8 Å². The third kappa shape index (κ3) is 7.36. The zero-order chi connectivity index (χ0) is 27.9. The highest BCUT2D eigenvalue weighted by atomic mass is 79.9. The van der Waals surface area contributed by atoms with Crippen molar-refractivity contribution < 1.29 is 18.0 Å². The van der Waals surface area contributed by atoms with E-state index in [0.717, 1.165) is 20.8 Å². The molecule has 1 N–H and O–H groups in total. The van der Waals surface area contributed by atoms with E-state index in [1.54, 1.807) is 49.4 Å². The van der Waals surface area contributed by atoms with Gasteiger partial charge in [-0.2, -0.15) is 0 Å². The lowest BCUT2D eigenvalue weighted by atomic mass is 10.1. The maximum Gasteiger partial charge on any atom is 0.264 e. The third-order valence-corrected chi connectivity index (χ3v) is 8.73. The molecular formula is C28H31BrClN3O4S. The summed E-state index contributed by atoms with van der Waals surface area (Å²) in [6, 6.07) is 20.8. The normalized spacial score (nSPS) is 12.9. The van der Waals surface area contributed by atoms with Crippen molar-refractivity contribution in [3.8, 4) is 0 Å². The average molecular weight is 621 g/mol. The number of nitrogens with one attached hydrogen (secondary N) is 1. The van der Waals surface area contributed by atoms with Gasteiger partial charge in [0.2, 0.25) is 11.8 Å². The van der Waals surface area contributed by atoms with Gasteiger partial charge in [0.05, 0.1) is 15.6 Å². The van der Waals surface area contributed by atoms with Gasteiger partial charge in [-0.1, -0.05) is 76.9 Å². The predicted octanol–water partition coefficient (Wildman–Crippen LogP) is 5.63. The van der Waals surface area contributed by atoms with Crippen LogP contribution in [-0.4, -0.2) is 43.8 Å². The van der Waals surface area contributed by atoms with E-state index in [0.29, 0.717) is 0 Å². The van der Waals surface area contributed by atoms with Crippen LogP contribution in [0.4, 0.5) is 5.69 Å². The number of halogens is 2. The summed E-state index contributed by atoms with van der Waals surface area (Å²) in [6.07, 6.45) is 0.730. The topological polar surface area (TPSA) is 86.8 Å². The Balaban J connectivity index is 2.03. The second-order valence-electron chi connectivity index (χ2n) is 8.92. The zero-order valence-corrected chi connectivity index (χ0v) is 24.6. The average Bonchev–Trinajstić information content (AvgIpc) is 2.90. The van der Waals surface area contributed by atoms with Crippen molar-refractivity contribution in [2.24, 2.45) is 0 Å². The highest BCUT2D eigenvalue weighted by Crippen LogP contribution is 2.30. The van der Waals surface area contributed by atoms with Crippen LogP contribution in [0.15, 0.2) is 88.2 Å². The summed E-state index contributed by atoms with van der Waals surface area (Å²) in [5.74, 6) is -0.867. The summed E-state index contributed by atoms with van der Waals surface area (Å²) in [5.41, 5.74) is 0.955. The minimum absolute atomic E-state index is 0.0221. The summed E-state index contributed by atoms with van der Waals surface area (Å²) in [6.45, 7) is 5.04. The highest BCUT2D eigenvalue weighted by molar-refractivity contribution is 9.10. The van der Waals surface area contributed by atoms with Crippen molar-refractivity contribution in [2.75, 3.05) is 10.8 Å². The van der Waals surface area contributed by atoms with Gasteiger partial charge in [-0.3, -0.25) is 13.9 Å². The lowest BCUT2D eigenvalue weighted by Gasteiger charge is -2.32. The second kappa shape index (κ2) is 13.3. The number of rotatable bonds is 11. The summed E-state index contributed by atoms with van der Waals surface area (Å²) < 4.78 is 29.3. The van der Waals surface area contributed by atoms with Crippen LogP contribution in [0, 0.1) is 0 Å². The maximum atomic E-state index is 13.9. The quantitative estimate of drug-likeness (QED) is 0.301. The van der Waals surface area contributed by atoms with Gasteiger partial charge in [0.15, 0.2) is 0 Å². The van der Waals surface area contributed by atoms with Crippen molar-refractivity contribution in [3.63, 3.8) is 0 Å². The van der Waals surface area contributed by atoms with Crippen LogP contribution in [-0.2, 0) is 26.2 Å². The van der Waals surface area contributed by atoms with Crippen LogP contribution in [0.2, 0.25) is 5.02 Å². The Hall–Kier alpha value is -2.88. The van der Waals surface area contributed by atoms with E-state index in [9.17, 15) is 18.0 Å². The van der Waals surface area contributed by atoms with Gasteiger partial charge in [0.25, 0.3) is 10.0 Å². The number of nitrogens with zero attached hydrogens (tertiary/aromatic N) is 2. The number of para-hydroxylation sites is 1. The molecule has 0 fully saturated rings. The molecule has 0 heterocycles. The first-order chi connectivity index (χ1) is 18.0. The zero-order valence-electron chi connectivity index (χ0n) is 21.5. The Morgan fingerprint density at radius 1 is 0.974 bits per heavy atom. The van der Waals surface area contributed by atoms with Crippen molar-refractivity contribution in [1.82, 2.24) is 10.2 Å². The summed E-state index contributed by atoms with van der Waals surface area (Å²) >= 11 is 9.85. The minimum atomic E-state index is -4.16. The molecule has 0 saturated carbocycles. The van der Waals surface area contributed by atoms with Crippen molar-refractivity contribution in [3.05, 3.63) is 93.9 Å². The van der Waals surface area contributed by atoms with Crippen LogP contribution in [0.25, 0.3) is 0 Å². The Morgan fingerprint density at radius 3 is 2.26 bits per heavy atom. The first-order valence-corrected chi connectivity index (χ1v) is 14.8. The molecule has 3 aromatic carbocycles. The summed E-state index contributed by atoms with van der Waals surface area (Å²) in [7, 11) is -4.16. The fraction of sp³-hybridized carbons (Fsp3) is 0.286. The van der Waals surface area contributed by atoms with Gasteiger partial charge in [0, 0.05) is 17.1 Å². The number of carbonyl (C=O) groups excluding carboxylic acids is 2. The molecule has 0 radical (unpaired) electrons. The molecule has 2 atom stereocenters. The molecule has 2 amide bonds. The first-order valence-electron chi connectivity index (χ1n) is 12.2. The van der Waals surface area contributed by atoms with E-state index >= 15 is 0 Å². The monoisotopic (exact) mass is 619 g/mol. The first kappa shape index (κ1) is 29.7. The molecule has 0 aliphatic rings. The molecule has 7 nitrogen and oxygen atoms in total. The van der Waals surface area contributed by atoms with Gasteiger partial charge in [-0.15, -0.1) is 0 Å². The van der Waals surface area contributed by atoms with Crippen LogP contribution < -0.4 is 9.62 Å². The molecule has 202 valence electrons. The molecular weight excluding hydrogens is 590 g/mol. The fourth-order valence-electron chi connectivity index (χ4n) is 3.77. The van der Waals surface area contributed by atoms with Crippen molar-refractivity contribution in [1.29, 1.82) is 0 Å². The number of amides is 2. The van der Waals surface area contributed by atoms with E-state index in [4.69, 9.17) is 11.6 Å². The molecule has 0 saturated heterocycles. The summed E-state index contributed by atoms with van der Waals surface area (Å²) in [5, 5.41) is 3.10. The number of sulfonamides is 1. The van der Waals surface area contributed by atoms with Gasteiger partial charge >= 0.3 is 0 Å². The number of benzene rings is 3. The molecule has 3 aromatic rings. The van der Waals surface area contributed by atoms with E-state index < -0.39 is 28.5 Å². The van der Waals surface area contributed by atoms with Gasteiger partial charge in [-0.05, 0) is 62.2 Å². The molecule has 0 aliphatic heterocycles. The standard InChI is InChI=1S/C28H31BrClN3O4S/c1-4-20(2)31-28(35)21(3)32(18-22-11-10-12-23(29)17-22)27(34)19-33(26-16-9-8-15-25(26)30)38(36,37)24-13-6-5-7-14-24/h5-17,20-21H,4,18-19H2,1-3H3,(H,31,35). The predicted molar refractivity (Wildman–Crippen MR) is 154 cm³/mol. The smallest absolute Gasteiger partial charge is 0.264 e. The molecule has 0 spiro atoms. The second-order valence-corrected chi connectivity index (χ2v) is 12.1. The van der Waals surface area contributed by atoms with E-state index in [1.807, 2.05) is 38.1 Å². The number of anilines is 1. The van der Waals surface area contributed by atoms with Gasteiger partial charge in [0.1, 0.15) is 12.6 Å². The SMILES string of the molecule is CCC(C)NC(=O)C(C)N(Cc1cccc(Br)c1)C(=O)CN(c1ccccc1Cl)S(=O)(=O)c1ccccc1. The molecule has 0 aromatic heterocycles. The Bertz CT molecular complexity index is 1370. The fourth-order valence-corrected chi connectivity index (χ4v) is 5.96. The lowest BCUT2D eigenvalue weighted by Crippen LogP contribution is -2.52. The summed E-state index contributed by atoms with van der Waals surface area (Å²) in [4.78, 5) is 28.4. The number of hydrogen-bond acceptors (Lipinski definition) is 4. The molecule has 0 aliphatic carbocycles. The van der Waals surface area contributed by atoms with Gasteiger partial charge < -0.3 is 10.2 Å². The van der Waals surface area contributed by atoms with Crippen molar-refractivity contribution in [2.45, 2.75) is 50.7 Å². The minimum Gasteiger partial charge on any atom is -0.352 e. The van der Waals surface area contributed by atoms with Crippen LogP contribution in [0.3, 0.4) is 0 Å². The lowest BCUT2D eigenvalue weighted by molar-refractivity contribution is -0.139. The molecule has 2 unspecified atom stereocenters. The van der Waals surface area contributed by atoms with E-state index in [2.05, 4.69) is 21.2 Å². The Morgan fingerprint density at radius 2 is 1.63 bits per heavy atom. The van der Waals surface area contributed by atoms with E-state index in [1.165, 1.54) is 17.0 Å². The van der Waals surface area contributed by atoms with E-state index in [-0.39, 0.29) is 34.1 Å². The van der Waals surface area contributed by atoms with Crippen LogP contribution >= 0.6 is 27.5 Å². The number of hydrogen-bond donors (Lipinski definition) is 1. The Kier molecular flexibility index (Phi) is 10.4. The van der Waals surface area contributed by atoms with Crippen molar-refractivity contribution >= 4 is 55.1 Å². The molecule has 0 bridgehead atoms. The largest absolute Gasteiger partial charge is 0.352 e. The van der Waals surface area contributed by atoms with Gasteiger partial charge in [-0.25, -0.2) is 8.42 Å². The molecule has 3 rings (SSSR count). The maximum absolute atomic E-state index is 13.9. The third-order valence-electron chi connectivity index (χ3n) is 6.14. The number of carbonyl (C=O) groups is 2. The Labute approximate surface area is 238 Å². The highest BCUT2D eigenvalue weighted by Gasteiger charge is 2.33. The van der Waals surface area contributed by atoms with Crippen LogP contribution in [0.5, 0.6) is 0 Å². The molecule has 10 heteroatoms. The molecule has 38 heavy (non-hydrogen) atoms.